The van der Waals surface area contributed by atoms with Crippen molar-refractivity contribution >= 4 is 0 Å². The zero-order valence-corrected chi connectivity index (χ0v) is 13.2. The van der Waals surface area contributed by atoms with E-state index >= 15 is 0 Å². The summed E-state index contributed by atoms with van der Waals surface area (Å²) in [4.78, 5) is 2.56. The van der Waals surface area contributed by atoms with Crippen LogP contribution in [-0.2, 0) is 0 Å². The van der Waals surface area contributed by atoms with Crippen LogP contribution in [-0.4, -0.2) is 37.7 Å². The summed E-state index contributed by atoms with van der Waals surface area (Å²) < 4.78 is 5.70. The molecule has 2 rings (SSSR count). The molecule has 1 aromatic carbocycles. The second-order valence-corrected chi connectivity index (χ2v) is 6.23. The van der Waals surface area contributed by atoms with Crippen LogP contribution in [0.1, 0.15) is 38.8 Å². The summed E-state index contributed by atoms with van der Waals surface area (Å²) >= 11 is 0. The maximum absolute atomic E-state index is 5.70. The summed E-state index contributed by atoms with van der Waals surface area (Å²) in [5.74, 6) is 1.79. The minimum absolute atomic E-state index is 0.229. The van der Waals surface area contributed by atoms with Crippen molar-refractivity contribution in [1.82, 2.24) is 10.2 Å². The molecule has 0 saturated carbocycles. The fourth-order valence-corrected chi connectivity index (χ4v) is 2.86. The average molecular weight is 276 g/mol. The Bertz CT molecular complexity index is 402. The number of hydrogen-bond donors (Lipinski definition) is 1. The average Bonchev–Trinajstić information content (AvgIpc) is 2.82. The first-order chi connectivity index (χ1) is 9.58. The van der Waals surface area contributed by atoms with E-state index in [2.05, 4.69) is 55.3 Å². The zero-order valence-electron chi connectivity index (χ0n) is 13.2. The van der Waals surface area contributed by atoms with E-state index in [1.165, 1.54) is 25.1 Å². The Kier molecular flexibility index (Phi) is 5.44. The van der Waals surface area contributed by atoms with Crippen molar-refractivity contribution in [1.29, 1.82) is 0 Å². The summed E-state index contributed by atoms with van der Waals surface area (Å²) in [5, 5.41) is 3.44. The highest BCUT2D eigenvalue weighted by Crippen LogP contribution is 2.22. The van der Waals surface area contributed by atoms with Crippen molar-refractivity contribution < 1.29 is 4.74 Å². The van der Waals surface area contributed by atoms with E-state index in [9.17, 15) is 0 Å². The van der Waals surface area contributed by atoms with Gasteiger partial charge >= 0.3 is 0 Å². The predicted molar refractivity (Wildman–Crippen MR) is 84.2 cm³/mol. The highest BCUT2D eigenvalue weighted by Gasteiger charge is 2.21. The van der Waals surface area contributed by atoms with Gasteiger partial charge in [-0.1, -0.05) is 19.1 Å². The predicted octanol–water partition coefficient (Wildman–Crippen LogP) is 3.08. The van der Waals surface area contributed by atoms with Crippen molar-refractivity contribution in [2.45, 2.75) is 39.3 Å². The van der Waals surface area contributed by atoms with Crippen LogP contribution in [0, 0.1) is 5.92 Å². The van der Waals surface area contributed by atoms with Crippen molar-refractivity contribution in [3.8, 4) is 5.75 Å². The first-order valence-electron chi connectivity index (χ1n) is 7.74. The molecule has 20 heavy (non-hydrogen) atoms. The zero-order chi connectivity index (χ0) is 14.5. The molecular weight excluding hydrogens is 248 g/mol. The lowest BCUT2D eigenvalue weighted by atomic mass is 10.1. The first kappa shape index (κ1) is 15.3. The number of likely N-dealkylation sites (tertiary alicyclic amines) is 1. The molecule has 1 fully saturated rings. The van der Waals surface area contributed by atoms with E-state index in [0.29, 0.717) is 6.04 Å². The molecule has 0 aliphatic carbocycles. The minimum Gasteiger partial charge on any atom is -0.491 e. The molecule has 3 nitrogen and oxygen atoms in total. The van der Waals surface area contributed by atoms with E-state index in [4.69, 9.17) is 4.74 Å². The van der Waals surface area contributed by atoms with Gasteiger partial charge < -0.3 is 15.0 Å². The molecule has 0 bridgehead atoms. The Hall–Kier alpha value is -1.06. The number of nitrogens with one attached hydrogen (secondary N) is 1. The second-order valence-electron chi connectivity index (χ2n) is 6.23. The molecule has 0 spiro atoms. The van der Waals surface area contributed by atoms with Crippen LogP contribution >= 0.6 is 0 Å². The Morgan fingerprint density at radius 1 is 1.30 bits per heavy atom. The van der Waals surface area contributed by atoms with Gasteiger partial charge in [0.05, 0.1) is 6.10 Å². The van der Waals surface area contributed by atoms with Gasteiger partial charge in [-0.15, -0.1) is 0 Å². The first-order valence-corrected chi connectivity index (χ1v) is 7.74. The molecule has 1 heterocycles. The van der Waals surface area contributed by atoms with Gasteiger partial charge in [0.2, 0.25) is 0 Å². The Balaban J connectivity index is 1.96. The van der Waals surface area contributed by atoms with Crippen LogP contribution in [0.4, 0.5) is 0 Å². The molecule has 1 aliphatic heterocycles. The molecule has 3 heteroatoms. The van der Waals surface area contributed by atoms with Gasteiger partial charge in [-0.25, -0.2) is 0 Å². The molecule has 1 saturated heterocycles. The van der Waals surface area contributed by atoms with Gasteiger partial charge in [-0.3, -0.25) is 0 Å². The van der Waals surface area contributed by atoms with Crippen LogP contribution in [0.2, 0.25) is 0 Å². The van der Waals surface area contributed by atoms with Crippen LogP contribution in [0.25, 0.3) is 0 Å². The number of likely N-dealkylation sites (N-methyl/N-ethyl adjacent to an activating group) is 1. The van der Waals surface area contributed by atoms with E-state index in [1.807, 2.05) is 7.05 Å². The lowest BCUT2D eigenvalue weighted by molar-refractivity contribution is 0.242. The second kappa shape index (κ2) is 7.09. The molecule has 2 atom stereocenters. The Morgan fingerprint density at radius 3 is 2.50 bits per heavy atom. The number of hydrogen-bond acceptors (Lipinski definition) is 3. The molecule has 0 aromatic heterocycles. The molecule has 0 amide bonds. The molecule has 0 radical (unpaired) electrons. The highest BCUT2D eigenvalue weighted by molar-refractivity contribution is 5.29. The van der Waals surface area contributed by atoms with Gasteiger partial charge in [0.15, 0.2) is 0 Å². The third-order valence-electron chi connectivity index (χ3n) is 3.95. The SMILES string of the molecule is CNC(CN1CCC(C)C1)c1ccc(OC(C)C)cc1. The van der Waals surface area contributed by atoms with Gasteiger partial charge in [0.25, 0.3) is 0 Å². The standard InChI is InChI=1S/C17H28N2O/c1-13(2)20-16-7-5-15(6-8-16)17(18-4)12-19-10-9-14(3)11-19/h5-8,13-14,17-18H,9-12H2,1-4H3. The quantitative estimate of drug-likeness (QED) is 0.864. The molecule has 1 aliphatic rings. The smallest absolute Gasteiger partial charge is 0.119 e. The number of benzene rings is 1. The van der Waals surface area contributed by atoms with Crippen LogP contribution in [0.3, 0.4) is 0 Å². The van der Waals surface area contributed by atoms with Crippen LogP contribution < -0.4 is 10.1 Å². The third-order valence-corrected chi connectivity index (χ3v) is 3.95. The third kappa shape index (κ3) is 4.22. The number of rotatable bonds is 6. The van der Waals surface area contributed by atoms with E-state index in [-0.39, 0.29) is 6.10 Å². The summed E-state index contributed by atoms with van der Waals surface area (Å²) in [6.07, 6.45) is 1.56. The van der Waals surface area contributed by atoms with Gasteiger partial charge in [-0.2, -0.15) is 0 Å². The van der Waals surface area contributed by atoms with Gasteiger partial charge in [-0.05, 0) is 57.5 Å². The number of ether oxygens (including phenoxy) is 1. The van der Waals surface area contributed by atoms with Crippen LogP contribution in [0.5, 0.6) is 5.75 Å². The largest absolute Gasteiger partial charge is 0.491 e. The Morgan fingerprint density at radius 2 is 2.00 bits per heavy atom. The van der Waals surface area contributed by atoms with E-state index in [0.717, 1.165) is 18.2 Å². The molecule has 1 N–H and O–H groups in total. The molecule has 1 aromatic rings. The van der Waals surface area contributed by atoms with Gasteiger partial charge in [0.1, 0.15) is 5.75 Å². The Labute approximate surface area is 123 Å². The summed E-state index contributed by atoms with van der Waals surface area (Å²) in [5.41, 5.74) is 1.34. The summed E-state index contributed by atoms with van der Waals surface area (Å²) in [6.45, 7) is 10.00. The van der Waals surface area contributed by atoms with Crippen molar-refractivity contribution in [2.24, 2.45) is 5.92 Å². The molecule has 112 valence electrons. The molecular formula is C17H28N2O. The maximum atomic E-state index is 5.70. The highest BCUT2D eigenvalue weighted by atomic mass is 16.5. The lowest BCUT2D eigenvalue weighted by Crippen LogP contribution is -2.32. The summed E-state index contributed by atoms with van der Waals surface area (Å²) in [7, 11) is 2.04. The van der Waals surface area contributed by atoms with Crippen molar-refractivity contribution in [3.63, 3.8) is 0 Å². The molecule has 2 unspecified atom stereocenters. The van der Waals surface area contributed by atoms with E-state index < -0.39 is 0 Å². The van der Waals surface area contributed by atoms with Crippen LogP contribution in [0.15, 0.2) is 24.3 Å². The van der Waals surface area contributed by atoms with Gasteiger partial charge in [0, 0.05) is 19.1 Å². The van der Waals surface area contributed by atoms with Crippen molar-refractivity contribution in [3.05, 3.63) is 29.8 Å². The fourth-order valence-electron chi connectivity index (χ4n) is 2.86. The lowest BCUT2D eigenvalue weighted by Gasteiger charge is -2.24. The summed E-state index contributed by atoms with van der Waals surface area (Å²) in [6, 6.07) is 8.91. The normalized spacial score (nSPS) is 21.4. The van der Waals surface area contributed by atoms with E-state index in [1.54, 1.807) is 0 Å². The number of nitrogens with zero attached hydrogens (tertiary/aromatic N) is 1. The van der Waals surface area contributed by atoms with Crippen molar-refractivity contribution in [2.75, 3.05) is 26.7 Å². The maximum Gasteiger partial charge on any atom is 0.119 e. The topological polar surface area (TPSA) is 24.5 Å². The minimum atomic E-state index is 0.229. The fraction of sp³-hybridized carbons (Fsp3) is 0.647. The monoisotopic (exact) mass is 276 g/mol.